The van der Waals surface area contributed by atoms with Gasteiger partial charge in [-0.3, -0.25) is 0 Å². The van der Waals surface area contributed by atoms with Gasteiger partial charge in [0.15, 0.2) is 0 Å². The molecule has 3 rings (SSSR count). The van der Waals surface area contributed by atoms with Gasteiger partial charge in [0.25, 0.3) is 0 Å². The predicted molar refractivity (Wildman–Crippen MR) is 88.4 cm³/mol. The number of benzene rings is 1. The molecule has 0 aromatic heterocycles. The highest BCUT2D eigenvalue weighted by Crippen LogP contribution is 2.43. The van der Waals surface area contributed by atoms with Crippen LogP contribution in [0.5, 0.6) is 0 Å². The lowest BCUT2D eigenvalue weighted by Gasteiger charge is -2.42. The lowest BCUT2D eigenvalue weighted by Crippen LogP contribution is -2.52. The van der Waals surface area contributed by atoms with Crippen molar-refractivity contribution in [2.75, 3.05) is 26.3 Å². The summed E-state index contributed by atoms with van der Waals surface area (Å²) in [6.45, 7) is 2.03. The summed E-state index contributed by atoms with van der Waals surface area (Å²) >= 11 is 0. The van der Waals surface area contributed by atoms with Crippen molar-refractivity contribution in [2.45, 2.75) is 43.1 Å². The van der Waals surface area contributed by atoms with Crippen molar-refractivity contribution in [3.63, 3.8) is 0 Å². The first-order valence-electron chi connectivity index (χ1n) is 8.49. The van der Waals surface area contributed by atoms with Crippen LogP contribution in [-0.2, 0) is 10.2 Å². The molecule has 1 aliphatic carbocycles. The first kappa shape index (κ1) is 16.3. The Labute approximate surface area is 137 Å². The van der Waals surface area contributed by atoms with Gasteiger partial charge in [-0.25, -0.2) is 4.79 Å². The van der Waals surface area contributed by atoms with Crippen LogP contribution in [0.25, 0.3) is 0 Å². The Balaban J connectivity index is 1.48. The van der Waals surface area contributed by atoms with Crippen LogP contribution >= 0.6 is 0 Å². The van der Waals surface area contributed by atoms with Crippen LogP contribution in [0.4, 0.5) is 4.79 Å². The molecule has 1 heterocycles. The maximum absolute atomic E-state index is 12.1. The van der Waals surface area contributed by atoms with Gasteiger partial charge < -0.3 is 20.5 Å². The molecule has 2 aliphatic rings. The Morgan fingerprint density at radius 2 is 1.70 bits per heavy atom. The van der Waals surface area contributed by atoms with E-state index in [-0.39, 0.29) is 18.0 Å². The van der Waals surface area contributed by atoms with Gasteiger partial charge in [-0.2, -0.15) is 0 Å². The second kappa shape index (κ2) is 6.89. The molecule has 5 heteroatoms. The van der Waals surface area contributed by atoms with Crippen LogP contribution in [0.3, 0.4) is 0 Å². The van der Waals surface area contributed by atoms with Crippen LogP contribution in [0, 0.1) is 0 Å². The highest BCUT2D eigenvalue weighted by Gasteiger charge is 2.38. The zero-order valence-corrected chi connectivity index (χ0v) is 13.5. The third-order valence-electron chi connectivity index (χ3n) is 5.29. The second-order valence-corrected chi connectivity index (χ2v) is 6.87. The van der Waals surface area contributed by atoms with E-state index in [1.54, 1.807) is 0 Å². The molecule has 23 heavy (non-hydrogen) atoms. The Morgan fingerprint density at radius 3 is 2.30 bits per heavy atom. The van der Waals surface area contributed by atoms with Crippen molar-refractivity contribution in [1.29, 1.82) is 0 Å². The first-order valence-corrected chi connectivity index (χ1v) is 8.49. The van der Waals surface area contributed by atoms with Crippen molar-refractivity contribution < 1.29 is 14.6 Å². The molecule has 2 fully saturated rings. The van der Waals surface area contributed by atoms with E-state index < -0.39 is 5.60 Å². The zero-order chi connectivity index (χ0) is 16.2. The Kier molecular flexibility index (Phi) is 4.87. The predicted octanol–water partition coefficient (Wildman–Crippen LogP) is 1.95. The molecule has 0 spiro atoms. The molecule has 1 aliphatic heterocycles. The van der Waals surface area contributed by atoms with Crippen molar-refractivity contribution in [3.8, 4) is 0 Å². The smallest absolute Gasteiger partial charge is 0.314 e. The van der Waals surface area contributed by atoms with Crippen molar-refractivity contribution >= 4 is 6.03 Å². The molecule has 3 N–H and O–H groups in total. The SMILES string of the molecule is O=C(NCC1(O)CCOCC1)NCC1(c2ccccc2)CCC1. The number of amides is 2. The normalized spacial score (nSPS) is 22.0. The van der Waals surface area contributed by atoms with Crippen LogP contribution in [0.15, 0.2) is 30.3 Å². The van der Waals surface area contributed by atoms with Crippen molar-refractivity contribution in [1.82, 2.24) is 10.6 Å². The summed E-state index contributed by atoms with van der Waals surface area (Å²) in [5.74, 6) is 0. The molecule has 126 valence electrons. The lowest BCUT2D eigenvalue weighted by atomic mass is 9.64. The van der Waals surface area contributed by atoms with E-state index in [1.807, 2.05) is 6.07 Å². The Morgan fingerprint density at radius 1 is 1.04 bits per heavy atom. The van der Waals surface area contributed by atoms with Crippen LogP contribution < -0.4 is 10.6 Å². The molecule has 0 bridgehead atoms. The molecule has 1 aromatic carbocycles. The maximum Gasteiger partial charge on any atom is 0.314 e. The fraction of sp³-hybridized carbons (Fsp3) is 0.611. The van der Waals surface area contributed by atoms with Gasteiger partial charge in [-0.1, -0.05) is 36.8 Å². The average Bonchev–Trinajstić information content (AvgIpc) is 2.54. The van der Waals surface area contributed by atoms with Gasteiger partial charge in [0, 0.05) is 44.6 Å². The van der Waals surface area contributed by atoms with Gasteiger partial charge in [0.1, 0.15) is 0 Å². The molecule has 0 unspecified atom stereocenters. The van der Waals surface area contributed by atoms with Crippen molar-refractivity contribution in [3.05, 3.63) is 35.9 Å². The Bertz CT molecular complexity index is 522. The van der Waals surface area contributed by atoms with Gasteiger partial charge in [0.2, 0.25) is 0 Å². The molecule has 1 aromatic rings. The average molecular weight is 318 g/mol. The Hall–Kier alpha value is -1.59. The summed E-state index contributed by atoms with van der Waals surface area (Å²) in [7, 11) is 0. The molecule has 2 amide bonds. The fourth-order valence-electron chi connectivity index (χ4n) is 3.45. The molecule has 1 saturated carbocycles. The summed E-state index contributed by atoms with van der Waals surface area (Å²) in [4.78, 5) is 12.1. The van der Waals surface area contributed by atoms with Gasteiger partial charge in [-0.05, 0) is 18.4 Å². The number of hydrogen-bond donors (Lipinski definition) is 3. The minimum atomic E-state index is -0.830. The standard InChI is InChI=1S/C18H26N2O3/c21-16(20-14-18(22)9-11-23-12-10-18)19-13-17(7-4-8-17)15-5-2-1-3-6-15/h1-3,5-6,22H,4,7-14H2,(H2,19,20,21). The molecular weight excluding hydrogens is 292 g/mol. The minimum Gasteiger partial charge on any atom is -0.388 e. The summed E-state index contributed by atoms with van der Waals surface area (Å²) in [5.41, 5.74) is 0.548. The summed E-state index contributed by atoms with van der Waals surface area (Å²) in [5, 5.41) is 16.2. The summed E-state index contributed by atoms with van der Waals surface area (Å²) in [6, 6.07) is 10.2. The van der Waals surface area contributed by atoms with E-state index in [2.05, 4.69) is 34.9 Å². The van der Waals surface area contributed by atoms with Gasteiger partial charge in [0.05, 0.1) is 5.60 Å². The number of ether oxygens (including phenoxy) is 1. The number of nitrogens with one attached hydrogen (secondary N) is 2. The number of hydrogen-bond acceptors (Lipinski definition) is 3. The molecule has 5 nitrogen and oxygen atoms in total. The van der Waals surface area contributed by atoms with E-state index in [0.29, 0.717) is 32.6 Å². The van der Waals surface area contributed by atoms with E-state index in [4.69, 9.17) is 4.74 Å². The lowest BCUT2D eigenvalue weighted by molar-refractivity contribution is -0.0600. The number of carbonyl (C=O) groups is 1. The number of carbonyl (C=O) groups excluding carboxylic acids is 1. The highest BCUT2D eigenvalue weighted by molar-refractivity contribution is 5.74. The largest absolute Gasteiger partial charge is 0.388 e. The monoisotopic (exact) mass is 318 g/mol. The zero-order valence-electron chi connectivity index (χ0n) is 13.5. The summed E-state index contributed by atoms with van der Waals surface area (Å²) < 4.78 is 5.25. The van der Waals surface area contributed by atoms with E-state index in [9.17, 15) is 9.90 Å². The van der Waals surface area contributed by atoms with E-state index in [0.717, 1.165) is 12.8 Å². The van der Waals surface area contributed by atoms with Crippen LogP contribution in [0.2, 0.25) is 0 Å². The third kappa shape index (κ3) is 3.85. The topological polar surface area (TPSA) is 70.6 Å². The third-order valence-corrected chi connectivity index (χ3v) is 5.29. The van der Waals surface area contributed by atoms with E-state index in [1.165, 1.54) is 12.0 Å². The summed E-state index contributed by atoms with van der Waals surface area (Å²) in [6.07, 6.45) is 4.57. The molecular formula is C18H26N2O3. The second-order valence-electron chi connectivity index (χ2n) is 6.87. The molecule has 1 saturated heterocycles. The number of rotatable bonds is 5. The molecule has 0 radical (unpaired) electrons. The minimum absolute atomic E-state index is 0.0776. The molecule has 0 atom stereocenters. The van der Waals surface area contributed by atoms with Gasteiger partial charge in [-0.15, -0.1) is 0 Å². The van der Waals surface area contributed by atoms with Crippen molar-refractivity contribution in [2.24, 2.45) is 0 Å². The number of aliphatic hydroxyl groups is 1. The maximum atomic E-state index is 12.1. The van der Waals surface area contributed by atoms with Crippen LogP contribution in [-0.4, -0.2) is 43.0 Å². The van der Waals surface area contributed by atoms with E-state index >= 15 is 0 Å². The number of urea groups is 1. The first-order chi connectivity index (χ1) is 11.1. The van der Waals surface area contributed by atoms with Gasteiger partial charge >= 0.3 is 6.03 Å². The fourth-order valence-corrected chi connectivity index (χ4v) is 3.45. The van der Waals surface area contributed by atoms with Crippen LogP contribution in [0.1, 0.15) is 37.7 Å². The quantitative estimate of drug-likeness (QED) is 0.777. The highest BCUT2D eigenvalue weighted by atomic mass is 16.5.